The number of amides is 1. The lowest BCUT2D eigenvalue weighted by molar-refractivity contribution is 0.0954. The number of hydrogen-bond donors (Lipinski definition) is 1. The van der Waals surface area contributed by atoms with E-state index < -0.39 is 0 Å². The minimum absolute atomic E-state index is 0.202. The maximum Gasteiger partial charge on any atom is 0.270 e. The van der Waals surface area contributed by atoms with Gasteiger partial charge in [-0.05, 0) is 24.3 Å². The van der Waals surface area contributed by atoms with E-state index in [4.69, 9.17) is 16.3 Å². The zero-order valence-corrected chi connectivity index (χ0v) is 14.1. The van der Waals surface area contributed by atoms with E-state index in [1.807, 2.05) is 42.5 Å². The third kappa shape index (κ3) is 4.50. The van der Waals surface area contributed by atoms with Gasteiger partial charge in [0.2, 0.25) is 0 Å². The van der Waals surface area contributed by atoms with Gasteiger partial charge in [0.15, 0.2) is 0 Å². The van der Waals surface area contributed by atoms with Crippen molar-refractivity contribution in [3.8, 4) is 17.6 Å². The predicted molar refractivity (Wildman–Crippen MR) is 98.8 cm³/mol. The number of nitrogens with one attached hydrogen (secondary N) is 1. The number of carbonyl (C=O) groups excluding carboxylic acids is 1. The van der Waals surface area contributed by atoms with E-state index in [1.165, 1.54) is 0 Å². The summed E-state index contributed by atoms with van der Waals surface area (Å²) in [6.07, 6.45) is 0. The van der Waals surface area contributed by atoms with E-state index in [0.717, 1.165) is 10.9 Å². The normalized spacial score (nSPS) is 9.96. The Kier molecular flexibility index (Phi) is 5.50. The Morgan fingerprint density at radius 2 is 1.84 bits per heavy atom. The molecular formula is C20H15ClN2O2. The molecule has 0 radical (unpaired) electrons. The molecule has 0 aliphatic carbocycles. The highest BCUT2D eigenvalue weighted by Crippen LogP contribution is 2.22. The summed E-state index contributed by atoms with van der Waals surface area (Å²) in [7, 11) is 0. The Bertz CT molecular complexity index is 960. The Hall–Kier alpha value is -3.03. The fourth-order valence-corrected chi connectivity index (χ4v) is 2.39. The molecular weight excluding hydrogens is 336 g/mol. The fourth-order valence-electron chi connectivity index (χ4n) is 2.20. The highest BCUT2D eigenvalue weighted by Gasteiger charge is 2.06. The second-order valence-electron chi connectivity index (χ2n) is 5.14. The third-order valence-corrected chi connectivity index (χ3v) is 3.74. The number of pyridine rings is 1. The monoisotopic (exact) mass is 350 g/mol. The summed E-state index contributed by atoms with van der Waals surface area (Å²) in [6, 6.07) is 18.4. The van der Waals surface area contributed by atoms with Crippen LogP contribution in [0, 0.1) is 11.8 Å². The number of benzene rings is 2. The van der Waals surface area contributed by atoms with Crippen LogP contribution in [0.1, 0.15) is 10.5 Å². The molecule has 1 aromatic heterocycles. The van der Waals surface area contributed by atoms with E-state index in [2.05, 4.69) is 22.1 Å². The lowest BCUT2D eigenvalue weighted by Gasteiger charge is -2.03. The SMILES string of the molecule is O=C(NCC#CCOc1ccccc1Cl)c1ccc2ccccc2n1. The zero-order chi connectivity index (χ0) is 17.5. The Morgan fingerprint density at radius 1 is 1.04 bits per heavy atom. The average molecular weight is 351 g/mol. The largest absolute Gasteiger partial charge is 0.479 e. The van der Waals surface area contributed by atoms with Crippen molar-refractivity contribution in [2.75, 3.05) is 13.2 Å². The quantitative estimate of drug-likeness (QED) is 0.730. The van der Waals surface area contributed by atoms with Crippen LogP contribution < -0.4 is 10.1 Å². The molecule has 0 fully saturated rings. The third-order valence-electron chi connectivity index (χ3n) is 3.43. The first-order valence-electron chi connectivity index (χ1n) is 7.71. The first kappa shape index (κ1) is 16.8. The number of ether oxygens (including phenoxy) is 1. The molecule has 0 unspecified atom stereocenters. The maximum absolute atomic E-state index is 12.1. The Balaban J connectivity index is 1.50. The van der Waals surface area contributed by atoms with Crippen molar-refractivity contribution in [1.82, 2.24) is 10.3 Å². The molecule has 124 valence electrons. The molecule has 1 amide bonds. The molecule has 0 bridgehead atoms. The van der Waals surface area contributed by atoms with Gasteiger partial charge in [-0.2, -0.15) is 0 Å². The number of aromatic nitrogens is 1. The van der Waals surface area contributed by atoms with Gasteiger partial charge in [0.1, 0.15) is 18.1 Å². The van der Waals surface area contributed by atoms with Crippen LogP contribution in [0.3, 0.4) is 0 Å². The van der Waals surface area contributed by atoms with Crippen LogP contribution in [-0.2, 0) is 0 Å². The van der Waals surface area contributed by atoms with Crippen molar-refractivity contribution < 1.29 is 9.53 Å². The minimum Gasteiger partial charge on any atom is -0.479 e. The molecule has 1 N–H and O–H groups in total. The van der Waals surface area contributed by atoms with E-state index in [-0.39, 0.29) is 19.1 Å². The number of para-hydroxylation sites is 2. The smallest absolute Gasteiger partial charge is 0.270 e. The zero-order valence-electron chi connectivity index (χ0n) is 13.3. The van der Waals surface area contributed by atoms with Crippen molar-refractivity contribution in [3.63, 3.8) is 0 Å². The summed E-state index contributed by atoms with van der Waals surface area (Å²) >= 11 is 5.98. The maximum atomic E-state index is 12.1. The summed E-state index contributed by atoms with van der Waals surface area (Å²) in [5, 5.41) is 4.25. The second kappa shape index (κ2) is 8.18. The second-order valence-corrected chi connectivity index (χ2v) is 5.55. The molecule has 0 aliphatic heterocycles. The molecule has 0 saturated heterocycles. The molecule has 0 spiro atoms. The van der Waals surface area contributed by atoms with Gasteiger partial charge in [0.25, 0.3) is 5.91 Å². The number of fused-ring (bicyclic) bond motifs is 1. The molecule has 3 aromatic rings. The molecule has 5 heteroatoms. The summed E-state index contributed by atoms with van der Waals surface area (Å²) in [5.74, 6) is 6.00. The highest BCUT2D eigenvalue weighted by molar-refractivity contribution is 6.32. The Morgan fingerprint density at radius 3 is 2.72 bits per heavy atom. The lowest BCUT2D eigenvalue weighted by Crippen LogP contribution is -2.24. The molecule has 0 saturated carbocycles. The van der Waals surface area contributed by atoms with Gasteiger partial charge in [-0.1, -0.05) is 59.8 Å². The van der Waals surface area contributed by atoms with Gasteiger partial charge >= 0.3 is 0 Å². The minimum atomic E-state index is -0.257. The van der Waals surface area contributed by atoms with E-state index in [9.17, 15) is 4.79 Å². The predicted octanol–water partition coefficient (Wildman–Crippen LogP) is 3.70. The summed E-state index contributed by atoms with van der Waals surface area (Å²) in [5.41, 5.74) is 1.15. The van der Waals surface area contributed by atoms with E-state index >= 15 is 0 Å². The molecule has 2 aromatic carbocycles. The summed E-state index contributed by atoms with van der Waals surface area (Å²) in [6.45, 7) is 0.424. The van der Waals surface area contributed by atoms with Crippen molar-refractivity contribution in [2.45, 2.75) is 0 Å². The van der Waals surface area contributed by atoms with Crippen LogP contribution >= 0.6 is 11.6 Å². The van der Waals surface area contributed by atoms with Crippen LogP contribution in [0.15, 0.2) is 60.7 Å². The number of hydrogen-bond acceptors (Lipinski definition) is 3. The molecule has 25 heavy (non-hydrogen) atoms. The lowest BCUT2D eigenvalue weighted by atomic mass is 10.2. The molecule has 3 rings (SSSR count). The summed E-state index contributed by atoms with van der Waals surface area (Å²) in [4.78, 5) is 16.4. The van der Waals surface area contributed by atoms with Gasteiger partial charge in [0.05, 0.1) is 17.1 Å². The Labute approximate surface area is 150 Å². The van der Waals surface area contributed by atoms with Crippen LogP contribution in [0.2, 0.25) is 5.02 Å². The van der Waals surface area contributed by atoms with Gasteiger partial charge in [-0.15, -0.1) is 0 Å². The number of halogens is 1. The molecule has 0 atom stereocenters. The molecule has 4 nitrogen and oxygen atoms in total. The average Bonchev–Trinajstić information content (AvgIpc) is 2.65. The topological polar surface area (TPSA) is 51.2 Å². The van der Waals surface area contributed by atoms with Crippen LogP contribution in [0.5, 0.6) is 5.75 Å². The van der Waals surface area contributed by atoms with Gasteiger partial charge in [-0.25, -0.2) is 4.98 Å². The summed E-state index contributed by atoms with van der Waals surface area (Å²) < 4.78 is 5.45. The van der Waals surface area contributed by atoms with Gasteiger partial charge in [0, 0.05) is 5.39 Å². The number of rotatable bonds is 4. The molecule has 1 heterocycles. The van der Waals surface area contributed by atoms with E-state index in [0.29, 0.717) is 16.5 Å². The van der Waals surface area contributed by atoms with Gasteiger partial charge in [-0.3, -0.25) is 4.79 Å². The van der Waals surface area contributed by atoms with Gasteiger partial charge < -0.3 is 10.1 Å². The van der Waals surface area contributed by atoms with Crippen molar-refractivity contribution >= 4 is 28.4 Å². The first-order valence-corrected chi connectivity index (χ1v) is 8.09. The molecule has 0 aliphatic rings. The number of nitrogens with zero attached hydrogens (tertiary/aromatic N) is 1. The van der Waals surface area contributed by atoms with Crippen LogP contribution in [0.4, 0.5) is 0 Å². The number of carbonyl (C=O) groups is 1. The highest BCUT2D eigenvalue weighted by atomic mass is 35.5. The van der Waals surface area contributed by atoms with Crippen LogP contribution in [-0.4, -0.2) is 24.0 Å². The van der Waals surface area contributed by atoms with Crippen molar-refractivity contribution in [1.29, 1.82) is 0 Å². The van der Waals surface area contributed by atoms with Crippen molar-refractivity contribution in [2.24, 2.45) is 0 Å². The van der Waals surface area contributed by atoms with Crippen molar-refractivity contribution in [3.05, 3.63) is 71.4 Å². The fraction of sp³-hybridized carbons (Fsp3) is 0.100. The van der Waals surface area contributed by atoms with Crippen LogP contribution in [0.25, 0.3) is 10.9 Å². The first-order chi connectivity index (χ1) is 12.2. The van der Waals surface area contributed by atoms with E-state index in [1.54, 1.807) is 18.2 Å². The standard InChI is InChI=1S/C20H15ClN2O2/c21-16-8-2-4-10-19(16)25-14-6-5-13-22-20(24)18-12-11-15-7-1-3-9-17(15)23-18/h1-4,7-12H,13-14H2,(H,22,24).